The molecule has 2 aliphatic rings. The lowest BCUT2D eigenvalue weighted by molar-refractivity contribution is -0.121. The first-order valence-electron chi connectivity index (χ1n) is 11.7. The van der Waals surface area contributed by atoms with Gasteiger partial charge >= 0.3 is 0 Å². The number of hydrogen-bond donors (Lipinski definition) is 1. The Morgan fingerprint density at radius 1 is 1.06 bits per heavy atom. The van der Waals surface area contributed by atoms with Gasteiger partial charge in [0.2, 0.25) is 5.91 Å². The molecule has 0 aliphatic carbocycles. The summed E-state index contributed by atoms with van der Waals surface area (Å²) < 4.78 is 5.30. The summed E-state index contributed by atoms with van der Waals surface area (Å²) in [6, 6.07) is 25.5. The summed E-state index contributed by atoms with van der Waals surface area (Å²) in [5.74, 6) is -0.0309. The molecular weight excluding hydrogens is 472 g/mol. The zero-order chi connectivity index (χ0) is 25.1. The summed E-state index contributed by atoms with van der Waals surface area (Å²) in [5.41, 5.74) is 4.84. The van der Waals surface area contributed by atoms with Crippen molar-refractivity contribution in [1.82, 2.24) is 5.01 Å². The van der Waals surface area contributed by atoms with Gasteiger partial charge in [-0.1, -0.05) is 84.1 Å². The fourth-order valence-electron chi connectivity index (χ4n) is 4.26. The fourth-order valence-corrected chi connectivity index (χ4v) is 5.33. The van der Waals surface area contributed by atoms with Crippen molar-refractivity contribution in [3.05, 3.63) is 95.6 Å². The molecule has 2 aliphatic heterocycles. The molecule has 5 rings (SSSR count). The van der Waals surface area contributed by atoms with E-state index >= 15 is 0 Å². The molecule has 8 heteroatoms. The number of anilines is 1. The molecule has 182 valence electrons. The number of nitrogens with one attached hydrogen (secondary N) is 1. The predicted molar refractivity (Wildman–Crippen MR) is 143 cm³/mol. The van der Waals surface area contributed by atoms with Gasteiger partial charge in [-0.15, -0.1) is 0 Å². The van der Waals surface area contributed by atoms with Gasteiger partial charge in [0.05, 0.1) is 24.6 Å². The molecule has 0 fully saturated rings. The smallest absolute Gasteiger partial charge is 0.262 e. The van der Waals surface area contributed by atoms with Gasteiger partial charge in [-0.2, -0.15) is 10.1 Å². The van der Waals surface area contributed by atoms with Gasteiger partial charge in [0, 0.05) is 12.8 Å². The number of methoxy groups -OCH3 is 1. The van der Waals surface area contributed by atoms with Crippen molar-refractivity contribution in [3.8, 4) is 5.75 Å². The first kappa shape index (κ1) is 23.8. The minimum absolute atomic E-state index is 0.00687. The Kier molecular flexibility index (Phi) is 6.86. The van der Waals surface area contributed by atoms with Gasteiger partial charge in [-0.3, -0.25) is 9.59 Å². The van der Waals surface area contributed by atoms with Crippen molar-refractivity contribution < 1.29 is 14.3 Å². The van der Waals surface area contributed by atoms with Gasteiger partial charge in [0.25, 0.3) is 5.91 Å². The summed E-state index contributed by atoms with van der Waals surface area (Å²) in [6.45, 7) is 2.05. The highest BCUT2D eigenvalue weighted by Gasteiger charge is 2.39. The standard InChI is InChI=1S/C28H26N4O3S/c1-18-12-14-19(15-13-18)22-16-23(20-8-4-3-5-9-20)32(31-22)28-30-27(34)25(36-28)17-26(33)29-21-10-6-7-11-24(21)35-2/h3-15,23,25H,16-17H2,1-2H3,(H,29,33)/t23-,25-/m0/s1. The molecule has 2 heterocycles. The molecule has 7 nitrogen and oxygen atoms in total. The number of hydrogen-bond acceptors (Lipinski definition) is 6. The number of para-hydroxylation sites is 2. The highest BCUT2D eigenvalue weighted by atomic mass is 32.2. The van der Waals surface area contributed by atoms with Crippen LogP contribution in [0.25, 0.3) is 0 Å². The molecule has 0 saturated heterocycles. The molecular formula is C28H26N4O3S. The van der Waals surface area contributed by atoms with E-state index in [4.69, 9.17) is 9.84 Å². The second kappa shape index (κ2) is 10.4. The van der Waals surface area contributed by atoms with Crippen LogP contribution in [0, 0.1) is 6.92 Å². The van der Waals surface area contributed by atoms with E-state index < -0.39 is 5.25 Å². The summed E-state index contributed by atoms with van der Waals surface area (Å²) in [5, 5.41) is 9.49. The van der Waals surface area contributed by atoms with Crippen LogP contribution in [0.4, 0.5) is 5.69 Å². The van der Waals surface area contributed by atoms with Crippen molar-refractivity contribution >= 4 is 40.1 Å². The third kappa shape index (κ3) is 5.04. The number of aryl methyl sites for hydroxylation is 1. The highest BCUT2D eigenvalue weighted by Crippen LogP contribution is 2.38. The molecule has 2 atom stereocenters. The number of amidine groups is 1. The predicted octanol–water partition coefficient (Wildman–Crippen LogP) is 5.18. The summed E-state index contributed by atoms with van der Waals surface area (Å²) >= 11 is 1.29. The van der Waals surface area contributed by atoms with Crippen LogP contribution in [0.2, 0.25) is 0 Å². The van der Waals surface area contributed by atoms with Gasteiger partial charge in [-0.25, -0.2) is 5.01 Å². The van der Waals surface area contributed by atoms with Crippen LogP contribution in [0.15, 0.2) is 89.0 Å². The number of nitrogens with zero attached hydrogens (tertiary/aromatic N) is 3. The molecule has 0 spiro atoms. The molecule has 3 aromatic carbocycles. The van der Waals surface area contributed by atoms with Crippen molar-refractivity contribution in [1.29, 1.82) is 0 Å². The maximum atomic E-state index is 12.8. The van der Waals surface area contributed by atoms with E-state index in [1.807, 2.05) is 35.3 Å². The number of rotatable bonds is 6. The zero-order valence-corrected chi connectivity index (χ0v) is 20.9. The van der Waals surface area contributed by atoms with E-state index in [1.165, 1.54) is 17.3 Å². The summed E-state index contributed by atoms with van der Waals surface area (Å²) in [6.07, 6.45) is 0.701. The fraction of sp³-hybridized carbons (Fsp3) is 0.214. The maximum Gasteiger partial charge on any atom is 0.262 e. The summed E-state index contributed by atoms with van der Waals surface area (Å²) in [7, 11) is 1.55. The van der Waals surface area contributed by atoms with E-state index in [9.17, 15) is 9.59 Å². The van der Waals surface area contributed by atoms with Crippen molar-refractivity contribution in [2.75, 3.05) is 12.4 Å². The van der Waals surface area contributed by atoms with Crippen LogP contribution in [-0.2, 0) is 9.59 Å². The van der Waals surface area contributed by atoms with Gasteiger partial charge < -0.3 is 10.1 Å². The number of hydrazone groups is 1. The number of thioether (sulfide) groups is 1. The summed E-state index contributed by atoms with van der Waals surface area (Å²) in [4.78, 5) is 29.9. The lowest BCUT2D eigenvalue weighted by atomic mass is 9.98. The van der Waals surface area contributed by atoms with E-state index in [2.05, 4.69) is 53.6 Å². The van der Waals surface area contributed by atoms with E-state index in [1.54, 1.807) is 19.2 Å². The van der Waals surface area contributed by atoms with Gasteiger partial charge in [0.15, 0.2) is 5.17 Å². The van der Waals surface area contributed by atoms with Crippen LogP contribution >= 0.6 is 11.8 Å². The Hall–Kier alpha value is -3.91. The molecule has 0 bridgehead atoms. The SMILES string of the molecule is COc1ccccc1NC(=O)C[C@@H]1SC(N2N=C(c3ccc(C)cc3)C[C@H]2c2ccccc2)=NC1=O. The lowest BCUT2D eigenvalue weighted by Gasteiger charge is -2.23. The number of aliphatic imine (C=N–C) groups is 1. The molecule has 0 unspecified atom stereocenters. The first-order chi connectivity index (χ1) is 17.5. The van der Waals surface area contributed by atoms with E-state index in [0.717, 1.165) is 16.8 Å². The van der Waals surface area contributed by atoms with Crippen molar-refractivity contribution in [2.45, 2.75) is 31.1 Å². The van der Waals surface area contributed by atoms with Crippen LogP contribution in [-0.4, -0.2) is 40.1 Å². The minimum Gasteiger partial charge on any atom is -0.495 e. The third-order valence-corrected chi connectivity index (χ3v) is 7.30. The quantitative estimate of drug-likeness (QED) is 0.506. The van der Waals surface area contributed by atoms with Crippen LogP contribution in [0.1, 0.15) is 35.6 Å². The first-order valence-corrected chi connectivity index (χ1v) is 12.6. The highest BCUT2D eigenvalue weighted by molar-refractivity contribution is 8.15. The molecule has 0 aromatic heterocycles. The molecule has 3 aromatic rings. The van der Waals surface area contributed by atoms with Crippen molar-refractivity contribution in [3.63, 3.8) is 0 Å². The topological polar surface area (TPSA) is 83.4 Å². The Labute approximate surface area is 214 Å². The second-order valence-electron chi connectivity index (χ2n) is 8.68. The monoisotopic (exact) mass is 498 g/mol. The largest absolute Gasteiger partial charge is 0.495 e. The van der Waals surface area contributed by atoms with E-state index in [0.29, 0.717) is 23.0 Å². The molecule has 0 radical (unpaired) electrons. The molecule has 1 N–H and O–H groups in total. The van der Waals surface area contributed by atoms with Crippen LogP contribution < -0.4 is 10.1 Å². The van der Waals surface area contributed by atoms with Gasteiger partial charge in [0.1, 0.15) is 11.0 Å². The zero-order valence-electron chi connectivity index (χ0n) is 20.0. The Bertz CT molecular complexity index is 1340. The Morgan fingerprint density at radius 2 is 1.78 bits per heavy atom. The van der Waals surface area contributed by atoms with Gasteiger partial charge in [-0.05, 0) is 30.2 Å². The van der Waals surface area contributed by atoms with Crippen LogP contribution in [0.3, 0.4) is 0 Å². The molecule has 0 saturated carbocycles. The number of amides is 2. The minimum atomic E-state index is -0.607. The Morgan fingerprint density at radius 3 is 2.53 bits per heavy atom. The Balaban J connectivity index is 1.34. The number of ether oxygens (including phenoxy) is 1. The average molecular weight is 499 g/mol. The van der Waals surface area contributed by atoms with Crippen LogP contribution in [0.5, 0.6) is 5.75 Å². The molecule has 36 heavy (non-hydrogen) atoms. The lowest BCUT2D eigenvalue weighted by Crippen LogP contribution is -2.25. The third-order valence-electron chi connectivity index (χ3n) is 6.16. The second-order valence-corrected chi connectivity index (χ2v) is 9.85. The maximum absolute atomic E-state index is 12.8. The normalized spacial score (nSPS) is 19.2. The number of benzene rings is 3. The molecule has 2 amide bonds. The van der Waals surface area contributed by atoms with E-state index in [-0.39, 0.29) is 24.3 Å². The average Bonchev–Trinajstić information content (AvgIpc) is 3.49. The number of carbonyl (C=O) groups is 2. The number of carbonyl (C=O) groups excluding carboxylic acids is 2. The van der Waals surface area contributed by atoms with Crippen molar-refractivity contribution in [2.24, 2.45) is 10.1 Å².